The number of nitrogens with zero attached hydrogens (tertiary/aromatic N) is 2. The quantitative estimate of drug-likeness (QED) is 0.391. The van der Waals surface area contributed by atoms with Crippen molar-refractivity contribution in [1.29, 1.82) is 0 Å². The predicted molar refractivity (Wildman–Crippen MR) is 117 cm³/mol. The number of benzene rings is 1. The Hall–Kier alpha value is -0.820. The average Bonchev–Trinajstić information content (AvgIpc) is 3.30. The molecule has 0 bridgehead atoms. The van der Waals surface area contributed by atoms with Crippen molar-refractivity contribution in [2.24, 2.45) is 10.9 Å². The molecule has 2 N–H and O–H groups in total. The van der Waals surface area contributed by atoms with E-state index in [4.69, 9.17) is 4.99 Å². The summed E-state index contributed by atoms with van der Waals surface area (Å²) < 4.78 is 0. The first-order valence-electron chi connectivity index (χ1n) is 9.48. The normalized spacial score (nSPS) is 21.1. The summed E-state index contributed by atoms with van der Waals surface area (Å²) in [6.07, 6.45) is 4.15. The van der Waals surface area contributed by atoms with Gasteiger partial charge in [0.2, 0.25) is 0 Å². The lowest BCUT2D eigenvalue weighted by Crippen LogP contribution is -2.40. The number of aryl methyl sites for hydroxylation is 2. The molecule has 1 saturated heterocycles. The number of halogens is 1. The second-order valence-electron chi connectivity index (χ2n) is 7.39. The lowest BCUT2D eigenvalue weighted by molar-refractivity contribution is 0.314. The molecule has 1 atom stereocenters. The van der Waals surface area contributed by atoms with Crippen LogP contribution in [0.4, 0.5) is 0 Å². The van der Waals surface area contributed by atoms with Gasteiger partial charge in [-0.3, -0.25) is 0 Å². The monoisotopic (exact) mass is 456 g/mol. The van der Waals surface area contributed by atoms with Crippen LogP contribution in [0.25, 0.3) is 0 Å². The zero-order valence-electron chi connectivity index (χ0n) is 15.8. The highest BCUT2D eigenvalue weighted by molar-refractivity contribution is 14.0. The number of rotatable bonds is 6. The van der Waals surface area contributed by atoms with E-state index in [2.05, 4.69) is 54.5 Å². The van der Waals surface area contributed by atoms with Gasteiger partial charge < -0.3 is 15.5 Å². The first kappa shape index (κ1) is 20.5. The highest BCUT2D eigenvalue weighted by atomic mass is 127. The van der Waals surface area contributed by atoms with Crippen molar-refractivity contribution in [3.8, 4) is 0 Å². The number of hydrogen-bond acceptors (Lipinski definition) is 2. The molecule has 0 aromatic heterocycles. The number of aliphatic imine (C=N–C) groups is 1. The van der Waals surface area contributed by atoms with Crippen LogP contribution in [0.2, 0.25) is 0 Å². The molecule has 3 rings (SSSR count). The molecule has 1 aliphatic heterocycles. The number of guanidine groups is 1. The van der Waals surface area contributed by atoms with E-state index < -0.39 is 0 Å². The summed E-state index contributed by atoms with van der Waals surface area (Å²) in [5.41, 5.74) is 3.94. The zero-order chi connectivity index (χ0) is 16.9. The van der Waals surface area contributed by atoms with Gasteiger partial charge in [0.05, 0.1) is 6.54 Å². The molecule has 2 fully saturated rings. The second-order valence-corrected chi connectivity index (χ2v) is 7.39. The molecule has 4 nitrogen and oxygen atoms in total. The van der Waals surface area contributed by atoms with Crippen LogP contribution in [0, 0.1) is 19.8 Å². The Morgan fingerprint density at radius 2 is 2.00 bits per heavy atom. The molecule has 140 valence electrons. The maximum Gasteiger partial charge on any atom is 0.191 e. The predicted octanol–water partition coefficient (Wildman–Crippen LogP) is 3.46. The van der Waals surface area contributed by atoms with Crippen LogP contribution in [-0.4, -0.2) is 43.1 Å². The van der Waals surface area contributed by atoms with E-state index in [0.717, 1.165) is 37.6 Å². The van der Waals surface area contributed by atoms with Crippen molar-refractivity contribution in [1.82, 2.24) is 15.5 Å². The fourth-order valence-corrected chi connectivity index (χ4v) is 3.57. The summed E-state index contributed by atoms with van der Waals surface area (Å²) in [5.74, 6) is 1.71. The van der Waals surface area contributed by atoms with Crippen LogP contribution in [0.3, 0.4) is 0 Å². The van der Waals surface area contributed by atoms with E-state index in [1.54, 1.807) is 0 Å². The molecule has 1 aromatic rings. The SMILES string of the molecule is CCNC(=NCc1ccc(C)cc1C)NCC1CCN(C2CC2)C1.I. The molecule has 1 aromatic carbocycles. The van der Waals surface area contributed by atoms with Gasteiger partial charge in [-0.15, -0.1) is 24.0 Å². The third kappa shape index (κ3) is 6.13. The maximum absolute atomic E-state index is 4.78. The summed E-state index contributed by atoms with van der Waals surface area (Å²) >= 11 is 0. The molecule has 1 heterocycles. The van der Waals surface area contributed by atoms with E-state index in [0.29, 0.717) is 0 Å². The Labute approximate surface area is 169 Å². The second kappa shape index (κ2) is 9.76. The molecule has 2 aliphatic rings. The van der Waals surface area contributed by atoms with Gasteiger partial charge in [-0.05, 0) is 63.6 Å². The molecule has 25 heavy (non-hydrogen) atoms. The van der Waals surface area contributed by atoms with E-state index in [9.17, 15) is 0 Å². The molecular weight excluding hydrogens is 423 g/mol. The Morgan fingerprint density at radius 3 is 2.68 bits per heavy atom. The minimum Gasteiger partial charge on any atom is -0.357 e. The van der Waals surface area contributed by atoms with Crippen LogP contribution in [0.1, 0.15) is 42.9 Å². The van der Waals surface area contributed by atoms with E-state index >= 15 is 0 Å². The third-order valence-electron chi connectivity index (χ3n) is 5.19. The zero-order valence-corrected chi connectivity index (χ0v) is 18.2. The summed E-state index contributed by atoms with van der Waals surface area (Å²) in [7, 11) is 0. The first-order chi connectivity index (χ1) is 11.7. The van der Waals surface area contributed by atoms with Crippen molar-refractivity contribution >= 4 is 29.9 Å². The highest BCUT2D eigenvalue weighted by Gasteiger charge is 2.34. The Bertz CT molecular complexity index is 583. The van der Waals surface area contributed by atoms with E-state index in [1.807, 2.05) is 0 Å². The molecule has 1 saturated carbocycles. The highest BCUT2D eigenvalue weighted by Crippen LogP contribution is 2.31. The Morgan fingerprint density at radius 1 is 1.20 bits per heavy atom. The summed E-state index contributed by atoms with van der Waals surface area (Å²) in [6.45, 7) is 11.6. The lowest BCUT2D eigenvalue weighted by Gasteiger charge is -2.17. The number of hydrogen-bond donors (Lipinski definition) is 2. The molecule has 0 amide bonds. The van der Waals surface area contributed by atoms with Gasteiger partial charge in [-0.2, -0.15) is 0 Å². The van der Waals surface area contributed by atoms with Crippen LogP contribution < -0.4 is 10.6 Å². The molecule has 1 aliphatic carbocycles. The van der Waals surface area contributed by atoms with Crippen LogP contribution in [-0.2, 0) is 6.54 Å². The average molecular weight is 456 g/mol. The van der Waals surface area contributed by atoms with Gasteiger partial charge in [-0.25, -0.2) is 4.99 Å². The summed E-state index contributed by atoms with van der Waals surface area (Å²) in [6, 6.07) is 7.50. The van der Waals surface area contributed by atoms with Crippen molar-refractivity contribution in [3.63, 3.8) is 0 Å². The minimum atomic E-state index is 0. The fraction of sp³-hybridized carbons (Fsp3) is 0.650. The maximum atomic E-state index is 4.78. The molecule has 0 radical (unpaired) electrons. The van der Waals surface area contributed by atoms with Gasteiger partial charge in [0.15, 0.2) is 5.96 Å². The fourth-order valence-electron chi connectivity index (χ4n) is 3.57. The van der Waals surface area contributed by atoms with Crippen molar-refractivity contribution < 1.29 is 0 Å². The van der Waals surface area contributed by atoms with Crippen LogP contribution >= 0.6 is 24.0 Å². The van der Waals surface area contributed by atoms with Crippen molar-refractivity contribution in [2.45, 2.75) is 52.6 Å². The number of likely N-dealkylation sites (tertiary alicyclic amines) is 1. The first-order valence-corrected chi connectivity index (χ1v) is 9.48. The van der Waals surface area contributed by atoms with Gasteiger partial charge in [-0.1, -0.05) is 23.8 Å². The molecule has 1 unspecified atom stereocenters. The van der Waals surface area contributed by atoms with Gasteiger partial charge in [0.1, 0.15) is 0 Å². The lowest BCUT2D eigenvalue weighted by atomic mass is 10.1. The minimum absolute atomic E-state index is 0. The van der Waals surface area contributed by atoms with Crippen molar-refractivity contribution in [2.75, 3.05) is 26.2 Å². The van der Waals surface area contributed by atoms with Gasteiger partial charge in [0, 0.05) is 25.7 Å². The van der Waals surface area contributed by atoms with Crippen LogP contribution in [0.15, 0.2) is 23.2 Å². The topological polar surface area (TPSA) is 39.7 Å². The Balaban J connectivity index is 0.00000225. The third-order valence-corrected chi connectivity index (χ3v) is 5.19. The molecule has 5 heteroatoms. The summed E-state index contributed by atoms with van der Waals surface area (Å²) in [4.78, 5) is 7.46. The van der Waals surface area contributed by atoms with E-state index in [-0.39, 0.29) is 24.0 Å². The largest absolute Gasteiger partial charge is 0.357 e. The molecule has 0 spiro atoms. The Kier molecular flexibility index (Phi) is 8.00. The number of nitrogens with one attached hydrogen (secondary N) is 2. The van der Waals surface area contributed by atoms with Gasteiger partial charge >= 0.3 is 0 Å². The molecular formula is C20H33IN4. The standard InChI is InChI=1S/C20H32N4.HI/c1-4-21-20(23-13-18-6-5-15(2)11-16(18)3)22-12-17-9-10-24(14-17)19-7-8-19;/h5-6,11,17,19H,4,7-10,12-14H2,1-3H3,(H2,21,22,23);1H. The van der Waals surface area contributed by atoms with Gasteiger partial charge in [0.25, 0.3) is 0 Å². The van der Waals surface area contributed by atoms with Crippen LogP contribution in [0.5, 0.6) is 0 Å². The van der Waals surface area contributed by atoms with E-state index in [1.165, 1.54) is 49.0 Å². The summed E-state index contributed by atoms with van der Waals surface area (Å²) in [5, 5.41) is 6.94. The van der Waals surface area contributed by atoms with Crippen molar-refractivity contribution in [3.05, 3.63) is 34.9 Å². The smallest absolute Gasteiger partial charge is 0.191 e.